The van der Waals surface area contributed by atoms with Crippen molar-refractivity contribution in [3.05, 3.63) is 82.9 Å². The van der Waals surface area contributed by atoms with Crippen molar-refractivity contribution in [3.63, 3.8) is 0 Å². The van der Waals surface area contributed by atoms with Crippen LogP contribution in [-0.2, 0) is 20.4 Å². The molecule has 3 aromatic carbocycles. The zero-order valence-electron chi connectivity index (χ0n) is 20.6. The summed E-state index contributed by atoms with van der Waals surface area (Å²) >= 11 is 6.24. The van der Waals surface area contributed by atoms with Gasteiger partial charge in [-0.05, 0) is 62.4 Å². The van der Waals surface area contributed by atoms with E-state index in [1.54, 1.807) is 29.2 Å². The second-order valence-electron chi connectivity index (χ2n) is 8.37. The fourth-order valence-corrected chi connectivity index (χ4v) is 6.03. The molecule has 0 spiro atoms. The van der Waals surface area contributed by atoms with E-state index in [9.17, 15) is 18.0 Å². The number of fused-ring (bicyclic) bond motifs is 1. The maximum absolute atomic E-state index is 13.9. The first-order valence-electron chi connectivity index (χ1n) is 11.6. The highest BCUT2D eigenvalue weighted by Gasteiger charge is 2.55. The van der Waals surface area contributed by atoms with Crippen molar-refractivity contribution >= 4 is 44.9 Å². The van der Waals surface area contributed by atoms with Crippen LogP contribution in [0.2, 0.25) is 5.02 Å². The molecule has 0 fully saturated rings. The normalized spacial score (nSPS) is 16.9. The molecular weight excluding hydrogens is 516 g/mol. The van der Waals surface area contributed by atoms with Gasteiger partial charge >= 0.3 is 6.03 Å². The Kier molecular flexibility index (Phi) is 7.18. The monoisotopic (exact) mass is 542 g/mol. The van der Waals surface area contributed by atoms with Gasteiger partial charge in [-0.1, -0.05) is 29.8 Å². The van der Waals surface area contributed by atoms with Crippen molar-refractivity contribution in [1.82, 2.24) is 4.90 Å². The summed E-state index contributed by atoms with van der Waals surface area (Å²) in [6.07, 6.45) is 0. The molecule has 4 rings (SSSR count). The third-order valence-electron chi connectivity index (χ3n) is 6.35. The number of ether oxygens (including phenoxy) is 1. The second kappa shape index (κ2) is 10.0. The van der Waals surface area contributed by atoms with Gasteiger partial charge in [0.2, 0.25) is 0 Å². The van der Waals surface area contributed by atoms with Crippen LogP contribution in [0.4, 0.5) is 16.2 Å². The zero-order valence-corrected chi connectivity index (χ0v) is 22.1. The van der Waals surface area contributed by atoms with Crippen LogP contribution in [0.25, 0.3) is 0 Å². The minimum atomic E-state index is -4.39. The molecule has 0 bridgehead atoms. The predicted molar refractivity (Wildman–Crippen MR) is 142 cm³/mol. The number of hydrogen-bond acceptors (Lipinski definition) is 6. The van der Waals surface area contributed by atoms with E-state index < -0.39 is 21.5 Å². The van der Waals surface area contributed by atoms with E-state index in [0.29, 0.717) is 39.4 Å². The smallest absolute Gasteiger partial charge is 0.321 e. The standard InChI is InChI=1S/C26H27ClN4O5S/c1-4-30(5-2)25(33)29-18-11-13-19(14-12-18)37(34,35)31-22-15-10-17(27)16-21(22)26(28,24(31)32)20-8-6-7-9-23(20)36-3/h6-16H,4-5,28H2,1-3H3,(H,29,33). The highest BCUT2D eigenvalue weighted by molar-refractivity contribution is 7.93. The third kappa shape index (κ3) is 4.41. The Morgan fingerprint density at radius 3 is 2.32 bits per heavy atom. The van der Waals surface area contributed by atoms with Crippen LogP contribution in [-0.4, -0.2) is 45.5 Å². The van der Waals surface area contributed by atoms with Crippen LogP contribution in [0, 0.1) is 0 Å². The minimum Gasteiger partial charge on any atom is -0.496 e. The number of carbonyl (C=O) groups excluding carboxylic acids is 2. The predicted octanol–water partition coefficient (Wildman–Crippen LogP) is 4.16. The Balaban J connectivity index is 1.77. The van der Waals surface area contributed by atoms with Gasteiger partial charge in [0.1, 0.15) is 5.75 Å². The molecule has 3 N–H and O–H groups in total. The molecule has 194 valence electrons. The molecule has 1 atom stereocenters. The summed E-state index contributed by atoms with van der Waals surface area (Å²) in [5.74, 6) is -0.537. The molecular formula is C26H27ClN4O5S. The van der Waals surface area contributed by atoms with Crippen LogP contribution >= 0.6 is 11.6 Å². The van der Waals surface area contributed by atoms with E-state index in [1.807, 2.05) is 13.8 Å². The van der Waals surface area contributed by atoms with E-state index in [1.165, 1.54) is 49.6 Å². The van der Waals surface area contributed by atoms with Crippen LogP contribution < -0.4 is 20.1 Å². The summed E-state index contributed by atoms with van der Waals surface area (Å²) in [7, 11) is -2.95. The molecule has 3 amide bonds. The van der Waals surface area contributed by atoms with E-state index in [-0.39, 0.29) is 22.2 Å². The van der Waals surface area contributed by atoms with E-state index in [4.69, 9.17) is 22.1 Å². The van der Waals surface area contributed by atoms with Crippen molar-refractivity contribution in [2.75, 3.05) is 29.8 Å². The highest BCUT2D eigenvalue weighted by Crippen LogP contribution is 2.48. The number of nitrogens with one attached hydrogen (secondary N) is 1. The van der Waals surface area contributed by atoms with E-state index in [2.05, 4.69) is 5.32 Å². The molecule has 11 heteroatoms. The average Bonchev–Trinajstić information content (AvgIpc) is 3.12. The van der Waals surface area contributed by atoms with Gasteiger partial charge in [0.15, 0.2) is 5.54 Å². The summed E-state index contributed by atoms with van der Waals surface area (Å²) < 4.78 is 33.7. The largest absolute Gasteiger partial charge is 0.496 e. The van der Waals surface area contributed by atoms with Gasteiger partial charge in [-0.15, -0.1) is 0 Å². The number of benzene rings is 3. The molecule has 1 unspecified atom stereocenters. The molecule has 1 aliphatic rings. The number of carbonyl (C=O) groups is 2. The summed E-state index contributed by atoms with van der Waals surface area (Å²) in [5.41, 5.74) is 5.92. The summed E-state index contributed by atoms with van der Waals surface area (Å²) in [6.45, 7) is 4.78. The van der Waals surface area contributed by atoms with Gasteiger partial charge in [-0.3, -0.25) is 4.79 Å². The first-order valence-corrected chi connectivity index (χ1v) is 13.4. The van der Waals surface area contributed by atoms with E-state index in [0.717, 1.165) is 0 Å². The topological polar surface area (TPSA) is 122 Å². The molecule has 37 heavy (non-hydrogen) atoms. The number of nitrogens with two attached hydrogens (primary N) is 1. The number of rotatable bonds is 7. The van der Waals surface area contributed by atoms with Crippen LogP contribution in [0.1, 0.15) is 25.0 Å². The Morgan fingerprint density at radius 1 is 1.05 bits per heavy atom. The van der Waals surface area contributed by atoms with Gasteiger partial charge in [-0.25, -0.2) is 17.5 Å². The van der Waals surface area contributed by atoms with Crippen LogP contribution in [0.3, 0.4) is 0 Å². The van der Waals surface area contributed by atoms with Crippen LogP contribution in [0.5, 0.6) is 5.75 Å². The molecule has 0 aromatic heterocycles. The van der Waals surface area contributed by atoms with Crippen molar-refractivity contribution < 1.29 is 22.7 Å². The summed E-state index contributed by atoms with van der Waals surface area (Å²) in [5, 5.41) is 3.03. The third-order valence-corrected chi connectivity index (χ3v) is 8.30. The summed E-state index contributed by atoms with van der Waals surface area (Å²) in [6, 6.07) is 16.4. The van der Waals surface area contributed by atoms with Crippen molar-refractivity contribution in [2.45, 2.75) is 24.3 Å². The number of para-hydroxylation sites is 1. The number of urea groups is 1. The Hall–Kier alpha value is -3.60. The fourth-order valence-electron chi connectivity index (χ4n) is 4.38. The molecule has 1 aliphatic heterocycles. The van der Waals surface area contributed by atoms with Gasteiger partial charge < -0.3 is 20.7 Å². The fraction of sp³-hybridized carbons (Fsp3) is 0.231. The quantitative estimate of drug-likeness (QED) is 0.462. The number of halogens is 1. The zero-order chi connectivity index (χ0) is 27.0. The number of nitrogens with zero attached hydrogens (tertiary/aromatic N) is 2. The number of amides is 3. The lowest BCUT2D eigenvalue weighted by molar-refractivity contribution is -0.120. The molecule has 1 heterocycles. The van der Waals surface area contributed by atoms with Crippen LogP contribution in [0.15, 0.2) is 71.6 Å². The van der Waals surface area contributed by atoms with Gasteiger partial charge in [-0.2, -0.15) is 0 Å². The maximum Gasteiger partial charge on any atom is 0.321 e. The minimum absolute atomic E-state index is 0.0988. The van der Waals surface area contributed by atoms with Crippen molar-refractivity contribution in [1.29, 1.82) is 0 Å². The average molecular weight is 543 g/mol. The molecule has 9 nitrogen and oxygen atoms in total. The lowest BCUT2D eigenvalue weighted by Crippen LogP contribution is -2.49. The molecule has 0 radical (unpaired) electrons. The van der Waals surface area contributed by atoms with E-state index >= 15 is 0 Å². The number of methoxy groups -OCH3 is 1. The molecule has 0 aliphatic carbocycles. The molecule has 0 saturated heterocycles. The van der Waals surface area contributed by atoms with Crippen molar-refractivity contribution in [3.8, 4) is 5.75 Å². The van der Waals surface area contributed by atoms with Gasteiger partial charge in [0.25, 0.3) is 15.9 Å². The Morgan fingerprint density at radius 2 is 1.70 bits per heavy atom. The van der Waals surface area contributed by atoms with Gasteiger partial charge in [0, 0.05) is 34.9 Å². The second-order valence-corrected chi connectivity index (χ2v) is 10.6. The maximum atomic E-state index is 13.9. The summed E-state index contributed by atoms with van der Waals surface area (Å²) in [4.78, 5) is 27.7. The first-order chi connectivity index (χ1) is 17.6. The number of hydrogen-bond donors (Lipinski definition) is 2. The Labute approximate surface area is 220 Å². The SMILES string of the molecule is CCN(CC)C(=O)Nc1ccc(S(=O)(=O)N2C(=O)C(N)(c3ccccc3OC)c3cc(Cl)ccc32)cc1. The highest BCUT2D eigenvalue weighted by atomic mass is 35.5. The first kappa shape index (κ1) is 26.5. The Bertz CT molecular complexity index is 1460. The molecule has 3 aromatic rings. The number of anilines is 2. The lowest BCUT2D eigenvalue weighted by Gasteiger charge is -2.26. The lowest BCUT2D eigenvalue weighted by atomic mass is 9.84. The molecule has 0 saturated carbocycles. The number of sulfonamides is 1. The van der Waals surface area contributed by atoms with Crippen molar-refractivity contribution in [2.24, 2.45) is 5.73 Å². The van der Waals surface area contributed by atoms with Gasteiger partial charge in [0.05, 0.1) is 17.7 Å².